The van der Waals surface area contributed by atoms with Gasteiger partial charge in [-0.25, -0.2) is 0 Å². The minimum absolute atomic E-state index is 0.0316. The summed E-state index contributed by atoms with van der Waals surface area (Å²) >= 11 is 1.88. The van der Waals surface area contributed by atoms with E-state index >= 15 is 0 Å². The number of thioether (sulfide) groups is 1. The molecule has 3 fully saturated rings. The number of piperazine rings is 1. The van der Waals surface area contributed by atoms with Crippen LogP contribution in [0, 0.1) is 5.92 Å². The van der Waals surface area contributed by atoms with Gasteiger partial charge in [-0.05, 0) is 51.2 Å². The average molecular weight is 282 g/mol. The Morgan fingerprint density at radius 2 is 1.95 bits per heavy atom. The molecule has 19 heavy (non-hydrogen) atoms. The second-order valence-electron chi connectivity index (χ2n) is 6.07. The fourth-order valence-electron chi connectivity index (χ4n) is 3.44. The maximum Gasteiger partial charge on any atom is 0.246 e. The van der Waals surface area contributed by atoms with Crippen molar-refractivity contribution in [3.05, 3.63) is 0 Å². The lowest BCUT2D eigenvalue weighted by atomic mass is 10.0. The van der Waals surface area contributed by atoms with Gasteiger partial charge in [0.2, 0.25) is 11.8 Å². The Labute approximate surface area is 118 Å². The second kappa shape index (κ2) is 5.00. The van der Waals surface area contributed by atoms with Gasteiger partial charge in [0.1, 0.15) is 12.1 Å². The standard InChI is InChI=1S/C14H22N2O2S/c1-8-13(17)15-12(9-3-4-9)14(18)16(8)10-5-6-11(7-10)19-2/h8-12H,3-7H2,1-2H3,(H,15,17). The SMILES string of the molecule is CSC1CCC(N2C(=O)C(C3CC3)NC(=O)C2C)C1. The molecule has 1 N–H and O–H groups in total. The normalized spacial score (nSPS) is 39.6. The Balaban J connectivity index is 1.77. The molecular formula is C14H22N2O2S. The number of hydrogen-bond acceptors (Lipinski definition) is 3. The average Bonchev–Trinajstić information content (AvgIpc) is 3.13. The van der Waals surface area contributed by atoms with Crippen molar-refractivity contribution in [2.75, 3.05) is 6.26 Å². The predicted molar refractivity (Wildman–Crippen MR) is 75.9 cm³/mol. The van der Waals surface area contributed by atoms with Crippen LogP contribution in [0.1, 0.15) is 39.0 Å². The molecule has 3 rings (SSSR count). The zero-order valence-electron chi connectivity index (χ0n) is 11.6. The molecule has 106 valence electrons. The van der Waals surface area contributed by atoms with Crippen molar-refractivity contribution in [3.8, 4) is 0 Å². The van der Waals surface area contributed by atoms with E-state index in [1.165, 1.54) is 0 Å². The number of amides is 2. The van der Waals surface area contributed by atoms with Gasteiger partial charge >= 0.3 is 0 Å². The van der Waals surface area contributed by atoms with E-state index in [0.717, 1.165) is 32.1 Å². The Morgan fingerprint density at radius 3 is 2.53 bits per heavy atom. The van der Waals surface area contributed by atoms with Gasteiger partial charge in [0.25, 0.3) is 0 Å². The van der Waals surface area contributed by atoms with Crippen LogP contribution in [0.5, 0.6) is 0 Å². The largest absolute Gasteiger partial charge is 0.342 e. The molecule has 0 radical (unpaired) electrons. The first kappa shape index (κ1) is 13.3. The molecule has 0 aromatic heterocycles. The van der Waals surface area contributed by atoms with Crippen molar-refractivity contribution in [2.24, 2.45) is 5.92 Å². The Bertz CT molecular complexity index is 397. The van der Waals surface area contributed by atoms with Crippen LogP contribution in [0.25, 0.3) is 0 Å². The van der Waals surface area contributed by atoms with E-state index in [4.69, 9.17) is 0 Å². The zero-order valence-corrected chi connectivity index (χ0v) is 12.4. The molecular weight excluding hydrogens is 260 g/mol. The number of carbonyl (C=O) groups is 2. The van der Waals surface area contributed by atoms with Gasteiger partial charge in [-0.3, -0.25) is 9.59 Å². The summed E-state index contributed by atoms with van der Waals surface area (Å²) in [6.07, 6.45) is 7.55. The topological polar surface area (TPSA) is 49.4 Å². The van der Waals surface area contributed by atoms with Crippen LogP contribution in [-0.2, 0) is 9.59 Å². The molecule has 3 aliphatic rings. The molecule has 2 saturated carbocycles. The van der Waals surface area contributed by atoms with Crippen LogP contribution in [0.15, 0.2) is 0 Å². The van der Waals surface area contributed by atoms with E-state index in [0.29, 0.717) is 11.2 Å². The van der Waals surface area contributed by atoms with E-state index in [1.807, 2.05) is 23.6 Å². The lowest BCUT2D eigenvalue weighted by molar-refractivity contribution is -0.151. The number of hydrogen-bond donors (Lipinski definition) is 1. The van der Waals surface area contributed by atoms with E-state index in [2.05, 4.69) is 11.6 Å². The van der Waals surface area contributed by atoms with Crippen molar-refractivity contribution in [1.29, 1.82) is 0 Å². The van der Waals surface area contributed by atoms with E-state index in [-0.39, 0.29) is 29.9 Å². The van der Waals surface area contributed by atoms with Crippen molar-refractivity contribution >= 4 is 23.6 Å². The summed E-state index contributed by atoms with van der Waals surface area (Å²) in [7, 11) is 0. The molecule has 5 heteroatoms. The molecule has 2 aliphatic carbocycles. The summed E-state index contributed by atoms with van der Waals surface area (Å²) in [5, 5.41) is 3.57. The van der Waals surface area contributed by atoms with Gasteiger partial charge in [-0.1, -0.05) is 0 Å². The van der Waals surface area contributed by atoms with Crippen LogP contribution < -0.4 is 5.32 Å². The number of nitrogens with zero attached hydrogens (tertiary/aromatic N) is 1. The Kier molecular flexibility index (Phi) is 3.50. The predicted octanol–water partition coefficient (Wildman–Crippen LogP) is 1.40. The second-order valence-corrected chi connectivity index (χ2v) is 7.21. The molecule has 1 aliphatic heterocycles. The molecule has 0 bridgehead atoms. The molecule has 0 aromatic carbocycles. The summed E-state index contributed by atoms with van der Waals surface area (Å²) in [6.45, 7) is 1.86. The minimum Gasteiger partial charge on any atom is -0.342 e. The first-order valence-electron chi connectivity index (χ1n) is 7.27. The highest BCUT2D eigenvalue weighted by molar-refractivity contribution is 7.99. The fraction of sp³-hybridized carbons (Fsp3) is 0.857. The molecule has 0 spiro atoms. The molecule has 4 atom stereocenters. The van der Waals surface area contributed by atoms with Crippen LogP contribution in [0.4, 0.5) is 0 Å². The molecule has 4 unspecified atom stereocenters. The molecule has 4 nitrogen and oxygen atoms in total. The monoisotopic (exact) mass is 282 g/mol. The minimum atomic E-state index is -0.298. The highest BCUT2D eigenvalue weighted by atomic mass is 32.2. The summed E-state index contributed by atoms with van der Waals surface area (Å²) in [5.74, 6) is 0.592. The lowest BCUT2D eigenvalue weighted by Gasteiger charge is -2.41. The summed E-state index contributed by atoms with van der Waals surface area (Å²) in [4.78, 5) is 26.6. The van der Waals surface area contributed by atoms with Gasteiger partial charge in [0.15, 0.2) is 0 Å². The van der Waals surface area contributed by atoms with Crippen LogP contribution >= 0.6 is 11.8 Å². The third-order valence-electron chi connectivity index (χ3n) is 4.79. The molecule has 1 saturated heterocycles. The van der Waals surface area contributed by atoms with Crippen LogP contribution in [-0.4, -0.2) is 46.3 Å². The first-order chi connectivity index (χ1) is 9.11. The van der Waals surface area contributed by atoms with E-state index < -0.39 is 0 Å². The maximum atomic E-state index is 12.6. The van der Waals surface area contributed by atoms with Crippen LogP contribution in [0.2, 0.25) is 0 Å². The molecule has 2 amide bonds. The lowest BCUT2D eigenvalue weighted by Crippen LogP contribution is -2.65. The quantitative estimate of drug-likeness (QED) is 0.851. The van der Waals surface area contributed by atoms with Gasteiger partial charge in [-0.15, -0.1) is 0 Å². The van der Waals surface area contributed by atoms with E-state index in [1.54, 1.807) is 0 Å². The molecule has 0 aromatic rings. The summed E-state index contributed by atoms with van der Waals surface area (Å²) in [6, 6.07) is -0.266. The van der Waals surface area contributed by atoms with Crippen LogP contribution in [0.3, 0.4) is 0 Å². The van der Waals surface area contributed by atoms with Crippen molar-refractivity contribution in [3.63, 3.8) is 0 Å². The summed E-state index contributed by atoms with van der Waals surface area (Å²) in [5.41, 5.74) is 0. The highest BCUT2D eigenvalue weighted by Gasteiger charge is 2.48. The maximum absolute atomic E-state index is 12.6. The Hall–Kier alpha value is -0.710. The smallest absolute Gasteiger partial charge is 0.246 e. The highest BCUT2D eigenvalue weighted by Crippen LogP contribution is 2.38. The first-order valence-corrected chi connectivity index (χ1v) is 8.56. The third kappa shape index (κ3) is 2.37. The van der Waals surface area contributed by atoms with Crippen molar-refractivity contribution < 1.29 is 9.59 Å². The zero-order chi connectivity index (χ0) is 13.6. The van der Waals surface area contributed by atoms with Gasteiger partial charge < -0.3 is 10.2 Å². The number of carbonyl (C=O) groups excluding carboxylic acids is 2. The van der Waals surface area contributed by atoms with Crippen molar-refractivity contribution in [1.82, 2.24) is 10.2 Å². The number of rotatable bonds is 3. The molecule has 1 heterocycles. The van der Waals surface area contributed by atoms with Gasteiger partial charge in [0.05, 0.1) is 0 Å². The van der Waals surface area contributed by atoms with Gasteiger partial charge in [0, 0.05) is 11.3 Å². The number of nitrogens with one attached hydrogen (secondary N) is 1. The summed E-state index contributed by atoms with van der Waals surface area (Å²) < 4.78 is 0. The van der Waals surface area contributed by atoms with E-state index in [9.17, 15) is 9.59 Å². The van der Waals surface area contributed by atoms with Crippen molar-refractivity contribution in [2.45, 2.75) is 62.4 Å². The fourth-order valence-corrected chi connectivity index (χ4v) is 4.23. The third-order valence-corrected chi connectivity index (χ3v) is 5.89. The van der Waals surface area contributed by atoms with Gasteiger partial charge in [-0.2, -0.15) is 11.8 Å². The Morgan fingerprint density at radius 1 is 1.21 bits per heavy atom.